The molecule has 0 spiro atoms. The second kappa shape index (κ2) is 5.19. The third-order valence-corrected chi connectivity index (χ3v) is 3.69. The van der Waals surface area contributed by atoms with Crippen LogP contribution in [0.15, 0.2) is 0 Å². The Morgan fingerprint density at radius 1 is 1.50 bits per heavy atom. The van der Waals surface area contributed by atoms with Crippen LogP contribution in [0.5, 0.6) is 0 Å². The van der Waals surface area contributed by atoms with E-state index >= 15 is 0 Å². The second-order valence-electron chi connectivity index (χ2n) is 4.60. The predicted octanol–water partition coefficient (Wildman–Crippen LogP) is 2.53. The molecule has 0 amide bonds. The molecule has 2 rings (SSSR count). The van der Waals surface area contributed by atoms with E-state index in [1.165, 1.54) is 24.8 Å². The highest BCUT2D eigenvalue weighted by molar-refractivity contribution is 6.30. The standard InChI is InChI=1S/C12H20ClN3/c1-3-11-10(12(13)16(2)15-11)8-14-7-6-9-4-5-9/h9,14H,3-8H2,1-2H3. The summed E-state index contributed by atoms with van der Waals surface area (Å²) < 4.78 is 1.76. The van der Waals surface area contributed by atoms with E-state index in [0.717, 1.165) is 36.3 Å². The lowest BCUT2D eigenvalue weighted by atomic mass is 10.2. The Morgan fingerprint density at radius 2 is 2.25 bits per heavy atom. The smallest absolute Gasteiger partial charge is 0.131 e. The zero-order valence-corrected chi connectivity index (χ0v) is 10.8. The number of rotatable bonds is 6. The molecule has 90 valence electrons. The number of hydrogen-bond acceptors (Lipinski definition) is 2. The maximum Gasteiger partial charge on any atom is 0.131 e. The summed E-state index contributed by atoms with van der Waals surface area (Å²) >= 11 is 6.21. The molecule has 1 aliphatic rings. The number of hydrogen-bond donors (Lipinski definition) is 1. The summed E-state index contributed by atoms with van der Waals surface area (Å²) in [6, 6.07) is 0. The lowest BCUT2D eigenvalue weighted by molar-refractivity contribution is 0.611. The van der Waals surface area contributed by atoms with Crippen LogP contribution in [0.2, 0.25) is 5.15 Å². The van der Waals surface area contributed by atoms with Gasteiger partial charge in [0.1, 0.15) is 5.15 Å². The Labute approximate surface area is 102 Å². The minimum Gasteiger partial charge on any atom is -0.312 e. The molecule has 16 heavy (non-hydrogen) atoms. The molecular weight excluding hydrogens is 222 g/mol. The molecule has 0 aromatic carbocycles. The van der Waals surface area contributed by atoms with Crippen LogP contribution in [0, 0.1) is 5.92 Å². The van der Waals surface area contributed by atoms with Crippen molar-refractivity contribution >= 4 is 11.6 Å². The van der Waals surface area contributed by atoms with E-state index in [4.69, 9.17) is 11.6 Å². The van der Waals surface area contributed by atoms with Gasteiger partial charge in [-0.05, 0) is 25.3 Å². The normalized spacial score (nSPS) is 15.7. The van der Waals surface area contributed by atoms with Gasteiger partial charge in [0.25, 0.3) is 0 Å². The quantitative estimate of drug-likeness (QED) is 0.776. The maximum absolute atomic E-state index is 6.21. The average Bonchev–Trinajstić information content (AvgIpc) is 3.05. The third kappa shape index (κ3) is 2.77. The van der Waals surface area contributed by atoms with Crippen molar-refractivity contribution in [3.05, 3.63) is 16.4 Å². The molecule has 1 aromatic heterocycles. The zero-order chi connectivity index (χ0) is 11.5. The summed E-state index contributed by atoms with van der Waals surface area (Å²) in [4.78, 5) is 0. The second-order valence-corrected chi connectivity index (χ2v) is 4.96. The Kier molecular flexibility index (Phi) is 3.87. The van der Waals surface area contributed by atoms with Crippen molar-refractivity contribution in [2.75, 3.05) is 6.54 Å². The molecular formula is C12H20ClN3. The Bertz CT molecular complexity index is 355. The molecule has 1 aromatic rings. The van der Waals surface area contributed by atoms with Crippen LogP contribution in [0.25, 0.3) is 0 Å². The number of aromatic nitrogens is 2. The minimum atomic E-state index is 0.774. The van der Waals surface area contributed by atoms with E-state index in [9.17, 15) is 0 Å². The molecule has 1 N–H and O–H groups in total. The highest BCUT2D eigenvalue weighted by atomic mass is 35.5. The van der Waals surface area contributed by atoms with Crippen molar-refractivity contribution in [3.8, 4) is 0 Å². The zero-order valence-electron chi connectivity index (χ0n) is 10.1. The van der Waals surface area contributed by atoms with Crippen LogP contribution in [0.4, 0.5) is 0 Å². The van der Waals surface area contributed by atoms with Crippen molar-refractivity contribution in [2.24, 2.45) is 13.0 Å². The van der Waals surface area contributed by atoms with E-state index in [-0.39, 0.29) is 0 Å². The molecule has 0 unspecified atom stereocenters. The Morgan fingerprint density at radius 3 is 2.88 bits per heavy atom. The Hall–Kier alpha value is -0.540. The fraction of sp³-hybridized carbons (Fsp3) is 0.750. The minimum absolute atomic E-state index is 0.774. The van der Waals surface area contributed by atoms with Gasteiger partial charge in [-0.15, -0.1) is 0 Å². The molecule has 4 heteroatoms. The van der Waals surface area contributed by atoms with Gasteiger partial charge in [0.15, 0.2) is 0 Å². The molecule has 0 radical (unpaired) electrons. The monoisotopic (exact) mass is 241 g/mol. The van der Waals surface area contributed by atoms with Gasteiger partial charge >= 0.3 is 0 Å². The maximum atomic E-state index is 6.21. The lowest BCUT2D eigenvalue weighted by Crippen LogP contribution is -2.16. The molecule has 0 aliphatic heterocycles. The number of nitrogens with zero attached hydrogens (tertiary/aromatic N) is 2. The fourth-order valence-electron chi connectivity index (χ4n) is 1.98. The van der Waals surface area contributed by atoms with Crippen molar-refractivity contribution in [2.45, 2.75) is 39.2 Å². The topological polar surface area (TPSA) is 29.9 Å². The fourth-order valence-corrected chi connectivity index (χ4v) is 2.20. The first-order valence-corrected chi connectivity index (χ1v) is 6.51. The first kappa shape index (κ1) is 11.9. The summed E-state index contributed by atoms with van der Waals surface area (Å²) in [5.74, 6) is 0.988. The predicted molar refractivity (Wildman–Crippen MR) is 66.6 cm³/mol. The third-order valence-electron chi connectivity index (χ3n) is 3.22. The molecule has 3 nitrogen and oxygen atoms in total. The summed E-state index contributed by atoms with van der Waals surface area (Å²) in [7, 11) is 1.90. The van der Waals surface area contributed by atoms with Gasteiger partial charge in [0.05, 0.1) is 5.69 Å². The molecule has 0 saturated heterocycles. The van der Waals surface area contributed by atoms with Gasteiger partial charge in [-0.2, -0.15) is 5.10 Å². The summed E-state index contributed by atoms with van der Waals surface area (Å²) in [5, 5.41) is 8.64. The summed E-state index contributed by atoms with van der Waals surface area (Å²) in [5.41, 5.74) is 2.29. The molecule has 1 fully saturated rings. The van der Waals surface area contributed by atoms with Crippen molar-refractivity contribution in [1.82, 2.24) is 15.1 Å². The van der Waals surface area contributed by atoms with Crippen molar-refractivity contribution in [1.29, 1.82) is 0 Å². The van der Waals surface area contributed by atoms with Crippen LogP contribution in [0.3, 0.4) is 0 Å². The van der Waals surface area contributed by atoms with Gasteiger partial charge in [0, 0.05) is 19.2 Å². The molecule has 0 bridgehead atoms. The molecule has 1 aliphatic carbocycles. The van der Waals surface area contributed by atoms with Crippen LogP contribution in [-0.2, 0) is 20.0 Å². The van der Waals surface area contributed by atoms with E-state index in [1.807, 2.05) is 7.05 Å². The SMILES string of the molecule is CCc1nn(C)c(Cl)c1CNCCC1CC1. The first-order chi connectivity index (χ1) is 7.72. The van der Waals surface area contributed by atoms with Crippen LogP contribution in [-0.4, -0.2) is 16.3 Å². The van der Waals surface area contributed by atoms with Gasteiger partial charge in [-0.3, -0.25) is 4.68 Å². The van der Waals surface area contributed by atoms with Gasteiger partial charge < -0.3 is 5.32 Å². The summed E-state index contributed by atoms with van der Waals surface area (Å²) in [6.07, 6.45) is 5.10. The number of aryl methyl sites for hydroxylation is 2. The molecule has 1 saturated carbocycles. The van der Waals surface area contributed by atoms with E-state index in [0.29, 0.717) is 0 Å². The first-order valence-electron chi connectivity index (χ1n) is 6.13. The summed E-state index contributed by atoms with van der Waals surface area (Å²) in [6.45, 7) is 4.06. The van der Waals surface area contributed by atoms with E-state index < -0.39 is 0 Å². The van der Waals surface area contributed by atoms with Crippen LogP contribution >= 0.6 is 11.6 Å². The largest absolute Gasteiger partial charge is 0.312 e. The number of nitrogens with one attached hydrogen (secondary N) is 1. The molecule has 1 heterocycles. The van der Waals surface area contributed by atoms with Crippen molar-refractivity contribution < 1.29 is 0 Å². The number of halogens is 1. The highest BCUT2D eigenvalue weighted by Crippen LogP contribution is 2.31. The van der Waals surface area contributed by atoms with E-state index in [2.05, 4.69) is 17.3 Å². The Balaban J connectivity index is 1.86. The van der Waals surface area contributed by atoms with Crippen molar-refractivity contribution in [3.63, 3.8) is 0 Å². The van der Waals surface area contributed by atoms with Gasteiger partial charge in [-0.25, -0.2) is 0 Å². The highest BCUT2D eigenvalue weighted by Gasteiger charge is 2.20. The van der Waals surface area contributed by atoms with Crippen LogP contribution < -0.4 is 5.32 Å². The molecule has 0 atom stereocenters. The average molecular weight is 242 g/mol. The van der Waals surface area contributed by atoms with Gasteiger partial charge in [0.2, 0.25) is 0 Å². The van der Waals surface area contributed by atoms with Gasteiger partial charge in [-0.1, -0.05) is 31.4 Å². The van der Waals surface area contributed by atoms with Crippen LogP contribution in [0.1, 0.15) is 37.4 Å². The van der Waals surface area contributed by atoms with E-state index in [1.54, 1.807) is 4.68 Å². The lowest BCUT2D eigenvalue weighted by Gasteiger charge is -2.04.